The van der Waals surface area contributed by atoms with Gasteiger partial charge in [0.1, 0.15) is 0 Å². The molecule has 1 aliphatic rings. The predicted octanol–water partition coefficient (Wildman–Crippen LogP) is 2.95. The number of rotatable bonds is 2. The Morgan fingerprint density at radius 3 is 2.86 bits per heavy atom. The molecule has 82 valence electrons. The summed E-state index contributed by atoms with van der Waals surface area (Å²) in [6.07, 6.45) is 5.74. The van der Waals surface area contributed by atoms with Crippen molar-refractivity contribution < 1.29 is 4.79 Å². The van der Waals surface area contributed by atoms with E-state index in [-0.39, 0.29) is 10.7 Å². The number of carbonyl (C=O) groups excluding carboxylic acids is 1. The van der Waals surface area contributed by atoms with E-state index in [4.69, 9.17) is 0 Å². The maximum Gasteiger partial charge on any atom is 0.236 e. The largest absolute Gasteiger partial charge is 0.339 e. The number of alkyl halides is 1. The highest BCUT2D eigenvalue weighted by Gasteiger charge is 2.25. The van der Waals surface area contributed by atoms with Crippen molar-refractivity contribution in [1.29, 1.82) is 0 Å². The number of likely N-dealkylation sites (tertiary alicyclic amines) is 1. The van der Waals surface area contributed by atoms with E-state index in [9.17, 15) is 4.79 Å². The molecule has 2 nitrogen and oxygen atoms in total. The van der Waals surface area contributed by atoms with Crippen LogP contribution in [-0.4, -0.2) is 28.2 Å². The normalized spacial score (nSPS) is 25.6. The Hall–Kier alpha value is -0.0500. The number of hydrogen-bond donors (Lipinski definition) is 0. The average Bonchev–Trinajstić information content (AvgIpc) is 2.40. The zero-order chi connectivity index (χ0) is 10.6. The van der Waals surface area contributed by atoms with Crippen LogP contribution in [0.2, 0.25) is 0 Å². The molecule has 0 radical (unpaired) electrons. The summed E-state index contributed by atoms with van der Waals surface area (Å²) in [5.74, 6) is 0.280. The lowest BCUT2D eigenvalue weighted by molar-refractivity contribution is -0.132. The molecule has 1 fully saturated rings. The van der Waals surface area contributed by atoms with Crippen molar-refractivity contribution in [2.24, 2.45) is 0 Å². The molecule has 1 amide bonds. The van der Waals surface area contributed by atoms with Crippen molar-refractivity contribution in [2.45, 2.75) is 56.8 Å². The van der Waals surface area contributed by atoms with Crippen LogP contribution in [0, 0.1) is 0 Å². The van der Waals surface area contributed by atoms with Crippen molar-refractivity contribution in [3.8, 4) is 0 Å². The van der Waals surface area contributed by atoms with Gasteiger partial charge in [-0.3, -0.25) is 4.79 Å². The fourth-order valence-corrected chi connectivity index (χ4v) is 2.22. The third kappa shape index (κ3) is 2.97. The topological polar surface area (TPSA) is 20.3 Å². The third-order valence-electron chi connectivity index (χ3n) is 2.96. The number of nitrogens with zero attached hydrogens (tertiary/aromatic N) is 1. The van der Waals surface area contributed by atoms with Crippen LogP contribution < -0.4 is 0 Å². The summed E-state index contributed by atoms with van der Waals surface area (Å²) >= 11 is 3.44. The van der Waals surface area contributed by atoms with Crippen molar-refractivity contribution in [2.75, 3.05) is 6.54 Å². The smallest absolute Gasteiger partial charge is 0.236 e. The summed E-state index contributed by atoms with van der Waals surface area (Å²) in [4.78, 5) is 14.0. The summed E-state index contributed by atoms with van der Waals surface area (Å²) in [5, 5.41) is 0. The van der Waals surface area contributed by atoms with Gasteiger partial charge in [-0.25, -0.2) is 0 Å². The molecule has 14 heavy (non-hydrogen) atoms. The molecule has 3 heteroatoms. The van der Waals surface area contributed by atoms with Crippen LogP contribution in [0.5, 0.6) is 0 Å². The molecule has 0 bridgehead atoms. The zero-order valence-electron chi connectivity index (χ0n) is 9.13. The minimum absolute atomic E-state index is 0.0167. The lowest BCUT2D eigenvalue weighted by Gasteiger charge is -2.28. The molecule has 0 aliphatic carbocycles. The Balaban J connectivity index is 2.58. The second kappa shape index (κ2) is 5.74. The van der Waals surface area contributed by atoms with Gasteiger partial charge in [0.25, 0.3) is 0 Å². The van der Waals surface area contributed by atoms with E-state index in [0.717, 1.165) is 19.4 Å². The quantitative estimate of drug-likeness (QED) is 0.701. The fourth-order valence-electron chi connectivity index (χ4n) is 1.96. The van der Waals surface area contributed by atoms with Crippen LogP contribution in [0.4, 0.5) is 0 Å². The van der Waals surface area contributed by atoms with Gasteiger partial charge in [0.2, 0.25) is 5.91 Å². The molecule has 1 saturated heterocycles. The molecule has 0 spiro atoms. The Morgan fingerprint density at radius 2 is 2.21 bits per heavy atom. The van der Waals surface area contributed by atoms with E-state index in [1.165, 1.54) is 19.3 Å². The first-order chi connectivity index (χ1) is 6.66. The van der Waals surface area contributed by atoms with E-state index in [1.807, 2.05) is 6.92 Å². The Morgan fingerprint density at radius 1 is 1.50 bits per heavy atom. The van der Waals surface area contributed by atoms with E-state index < -0.39 is 0 Å². The Labute approximate surface area is 95.2 Å². The predicted molar refractivity (Wildman–Crippen MR) is 62.6 cm³/mol. The lowest BCUT2D eigenvalue weighted by Crippen LogP contribution is -2.42. The highest BCUT2D eigenvalue weighted by Crippen LogP contribution is 2.19. The van der Waals surface area contributed by atoms with Gasteiger partial charge in [0.05, 0.1) is 4.83 Å². The first-order valence-electron chi connectivity index (χ1n) is 5.61. The van der Waals surface area contributed by atoms with Crippen LogP contribution in [0.25, 0.3) is 0 Å². The third-order valence-corrected chi connectivity index (χ3v) is 4.00. The van der Waals surface area contributed by atoms with Gasteiger partial charge in [-0.15, -0.1) is 0 Å². The van der Waals surface area contributed by atoms with Gasteiger partial charge in [-0.05, 0) is 26.2 Å². The van der Waals surface area contributed by atoms with Gasteiger partial charge < -0.3 is 4.90 Å². The molecule has 1 heterocycles. The summed E-state index contributed by atoms with van der Waals surface area (Å²) in [6.45, 7) is 5.15. The minimum atomic E-state index is 0.0167. The summed E-state index contributed by atoms with van der Waals surface area (Å²) in [5.41, 5.74) is 0. The van der Waals surface area contributed by atoms with Gasteiger partial charge in [0.15, 0.2) is 0 Å². The molecule has 0 aromatic carbocycles. The molecule has 0 saturated carbocycles. The van der Waals surface area contributed by atoms with Crippen LogP contribution in [-0.2, 0) is 4.79 Å². The molecular formula is C11H20BrNO. The van der Waals surface area contributed by atoms with Crippen molar-refractivity contribution in [3.05, 3.63) is 0 Å². The molecule has 2 unspecified atom stereocenters. The maximum atomic E-state index is 12.0. The highest BCUT2D eigenvalue weighted by atomic mass is 79.9. The van der Waals surface area contributed by atoms with Crippen LogP contribution in [0.1, 0.15) is 46.0 Å². The summed E-state index contributed by atoms with van der Waals surface area (Å²) in [6, 6.07) is 0.427. The van der Waals surface area contributed by atoms with Gasteiger partial charge in [-0.2, -0.15) is 0 Å². The first kappa shape index (κ1) is 12.0. The maximum absolute atomic E-state index is 12.0. The van der Waals surface area contributed by atoms with E-state index in [1.54, 1.807) is 0 Å². The number of halogens is 1. The van der Waals surface area contributed by atoms with Crippen LogP contribution in [0.15, 0.2) is 0 Å². The van der Waals surface area contributed by atoms with Gasteiger partial charge >= 0.3 is 0 Å². The van der Waals surface area contributed by atoms with Crippen molar-refractivity contribution >= 4 is 21.8 Å². The molecule has 0 aromatic heterocycles. The molecule has 1 aliphatic heterocycles. The van der Waals surface area contributed by atoms with Crippen LogP contribution >= 0.6 is 15.9 Å². The Bertz CT molecular complexity index is 196. The van der Waals surface area contributed by atoms with Crippen molar-refractivity contribution in [1.82, 2.24) is 4.90 Å². The number of carbonyl (C=O) groups is 1. The molecular weight excluding hydrogens is 242 g/mol. The summed E-state index contributed by atoms with van der Waals surface area (Å²) < 4.78 is 0. The standard InChI is InChI=1S/C11H20BrNO/c1-3-10(12)11(14)13-8-6-4-5-7-9(13)2/h9-10H,3-8H2,1-2H3. The van der Waals surface area contributed by atoms with Crippen molar-refractivity contribution in [3.63, 3.8) is 0 Å². The molecule has 2 atom stereocenters. The molecule has 1 rings (SSSR count). The minimum Gasteiger partial charge on any atom is -0.339 e. The SMILES string of the molecule is CCC(Br)C(=O)N1CCCCCC1C. The fraction of sp³-hybridized carbons (Fsp3) is 0.909. The zero-order valence-corrected chi connectivity index (χ0v) is 10.7. The lowest BCUT2D eigenvalue weighted by atomic mass is 10.1. The monoisotopic (exact) mass is 261 g/mol. The number of hydrogen-bond acceptors (Lipinski definition) is 1. The van der Waals surface area contributed by atoms with E-state index in [2.05, 4.69) is 27.8 Å². The molecule has 0 aromatic rings. The highest BCUT2D eigenvalue weighted by molar-refractivity contribution is 9.10. The Kier molecular flexibility index (Phi) is 4.93. The van der Waals surface area contributed by atoms with Gasteiger partial charge in [0, 0.05) is 12.6 Å². The molecule has 0 N–H and O–H groups in total. The van der Waals surface area contributed by atoms with E-state index in [0.29, 0.717) is 6.04 Å². The number of amides is 1. The van der Waals surface area contributed by atoms with Crippen LogP contribution in [0.3, 0.4) is 0 Å². The van der Waals surface area contributed by atoms with E-state index >= 15 is 0 Å². The average molecular weight is 262 g/mol. The van der Waals surface area contributed by atoms with Gasteiger partial charge in [-0.1, -0.05) is 35.7 Å². The second-order valence-electron chi connectivity index (χ2n) is 4.11. The second-order valence-corrected chi connectivity index (χ2v) is 5.21. The first-order valence-corrected chi connectivity index (χ1v) is 6.53. The summed E-state index contributed by atoms with van der Waals surface area (Å²) in [7, 11) is 0.